The monoisotopic (exact) mass is 418 g/mol. The molecule has 0 saturated carbocycles. The first-order valence-corrected chi connectivity index (χ1v) is 10.2. The van der Waals surface area contributed by atoms with E-state index in [1.807, 2.05) is 39.0 Å². The summed E-state index contributed by atoms with van der Waals surface area (Å²) in [6, 6.07) is 12.7. The Bertz CT molecular complexity index is 841. The van der Waals surface area contributed by atoms with Crippen LogP contribution in [0.4, 0.5) is 4.39 Å². The van der Waals surface area contributed by atoms with E-state index in [9.17, 15) is 14.0 Å². The summed E-state index contributed by atoms with van der Waals surface area (Å²) in [6.45, 7) is 6.57. The fraction of sp³-hybridized carbons (Fsp3) is 0.391. The highest BCUT2D eigenvalue weighted by Crippen LogP contribution is 2.21. The molecule has 0 radical (unpaired) electrons. The van der Waals surface area contributed by atoms with E-state index in [0.717, 1.165) is 5.56 Å². The predicted molar refractivity (Wildman–Crippen MR) is 114 cm³/mol. The molecule has 1 atom stereocenters. The van der Waals surface area contributed by atoms with Gasteiger partial charge in [0.1, 0.15) is 11.9 Å². The first-order chi connectivity index (χ1) is 13.8. The second kappa shape index (κ2) is 11.0. The van der Waals surface area contributed by atoms with Crippen molar-refractivity contribution < 1.29 is 14.0 Å². The Hall–Kier alpha value is -2.40. The maximum absolute atomic E-state index is 14.1. The van der Waals surface area contributed by atoms with Crippen LogP contribution in [0.2, 0.25) is 5.02 Å². The Morgan fingerprint density at radius 2 is 1.69 bits per heavy atom. The molecule has 0 fully saturated rings. The summed E-state index contributed by atoms with van der Waals surface area (Å²) in [7, 11) is 0. The second-order valence-corrected chi connectivity index (χ2v) is 7.85. The number of benzene rings is 2. The Morgan fingerprint density at radius 3 is 2.28 bits per heavy atom. The van der Waals surface area contributed by atoms with Crippen molar-refractivity contribution in [3.05, 3.63) is 70.5 Å². The molecule has 0 aliphatic heterocycles. The molecular weight excluding hydrogens is 391 g/mol. The highest BCUT2D eigenvalue weighted by atomic mass is 35.5. The van der Waals surface area contributed by atoms with Crippen LogP contribution in [0.5, 0.6) is 0 Å². The average molecular weight is 419 g/mol. The lowest BCUT2D eigenvalue weighted by Gasteiger charge is -2.31. The molecule has 0 spiro atoms. The molecule has 2 aromatic carbocycles. The van der Waals surface area contributed by atoms with Gasteiger partial charge in [0.25, 0.3) is 0 Å². The van der Waals surface area contributed by atoms with Gasteiger partial charge in [0, 0.05) is 18.1 Å². The van der Waals surface area contributed by atoms with Crippen LogP contribution in [0.15, 0.2) is 48.5 Å². The zero-order valence-corrected chi connectivity index (χ0v) is 17.9. The van der Waals surface area contributed by atoms with Gasteiger partial charge >= 0.3 is 0 Å². The van der Waals surface area contributed by atoms with Gasteiger partial charge in [-0.15, -0.1) is 0 Å². The lowest BCUT2D eigenvalue weighted by molar-refractivity contribution is -0.141. The van der Waals surface area contributed by atoms with Crippen molar-refractivity contribution in [2.45, 2.75) is 46.2 Å². The van der Waals surface area contributed by atoms with Gasteiger partial charge in [0.15, 0.2) is 0 Å². The molecule has 2 rings (SSSR count). The highest BCUT2D eigenvalue weighted by molar-refractivity contribution is 6.31. The standard InChI is InChI=1S/C23H28ClFN2O2/c1-4-21(23(29)26-14-16(2)3)27(15-18-10-5-7-11-19(18)24)22(28)13-17-9-6-8-12-20(17)25/h5-12,16,21H,4,13-15H2,1-3H3,(H,26,29)/t21-/m1/s1. The molecule has 2 amide bonds. The van der Waals surface area contributed by atoms with E-state index >= 15 is 0 Å². The van der Waals surface area contributed by atoms with Crippen molar-refractivity contribution in [3.8, 4) is 0 Å². The van der Waals surface area contributed by atoms with Crippen molar-refractivity contribution in [1.29, 1.82) is 0 Å². The zero-order valence-electron chi connectivity index (χ0n) is 17.1. The molecule has 0 aliphatic carbocycles. The van der Waals surface area contributed by atoms with E-state index in [-0.39, 0.29) is 24.8 Å². The smallest absolute Gasteiger partial charge is 0.242 e. The maximum Gasteiger partial charge on any atom is 0.242 e. The zero-order chi connectivity index (χ0) is 21.4. The lowest BCUT2D eigenvalue weighted by atomic mass is 10.1. The van der Waals surface area contributed by atoms with Gasteiger partial charge in [0.2, 0.25) is 11.8 Å². The van der Waals surface area contributed by atoms with Crippen molar-refractivity contribution >= 4 is 23.4 Å². The minimum absolute atomic E-state index is 0.120. The molecule has 156 valence electrons. The average Bonchev–Trinajstić information content (AvgIpc) is 2.69. The molecule has 6 heteroatoms. The van der Waals surface area contributed by atoms with Crippen LogP contribution in [-0.2, 0) is 22.6 Å². The molecule has 0 aliphatic rings. The number of amides is 2. The fourth-order valence-electron chi connectivity index (χ4n) is 3.06. The van der Waals surface area contributed by atoms with Crippen LogP contribution in [0.25, 0.3) is 0 Å². The number of carbonyl (C=O) groups is 2. The minimum Gasteiger partial charge on any atom is -0.354 e. The van der Waals surface area contributed by atoms with Gasteiger partial charge in [-0.1, -0.05) is 68.8 Å². The SMILES string of the molecule is CC[C@H](C(=O)NCC(C)C)N(Cc1ccccc1Cl)C(=O)Cc1ccccc1F. The topological polar surface area (TPSA) is 49.4 Å². The number of nitrogens with zero attached hydrogens (tertiary/aromatic N) is 1. The second-order valence-electron chi connectivity index (χ2n) is 7.44. The normalized spacial score (nSPS) is 11.9. The molecule has 2 aromatic rings. The summed E-state index contributed by atoms with van der Waals surface area (Å²) >= 11 is 6.29. The fourth-order valence-corrected chi connectivity index (χ4v) is 3.25. The van der Waals surface area contributed by atoms with E-state index in [4.69, 9.17) is 11.6 Å². The van der Waals surface area contributed by atoms with Gasteiger partial charge < -0.3 is 10.2 Å². The number of carbonyl (C=O) groups excluding carboxylic acids is 2. The molecule has 0 unspecified atom stereocenters. The van der Waals surface area contributed by atoms with Gasteiger partial charge in [-0.25, -0.2) is 4.39 Å². The van der Waals surface area contributed by atoms with Crippen molar-refractivity contribution in [1.82, 2.24) is 10.2 Å². The quantitative estimate of drug-likeness (QED) is 0.646. The van der Waals surface area contributed by atoms with E-state index in [1.54, 1.807) is 24.3 Å². The summed E-state index contributed by atoms with van der Waals surface area (Å²) in [5.74, 6) is -0.671. The molecule has 0 heterocycles. The Kier molecular flexibility index (Phi) is 8.65. The van der Waals surface area contributed by atoms with Gasteiger partial charge in [-0.2, -0.15) is 0 Å². The van der Waals surface area contributed by atoms with Crippen LogP contribution in [-0.4, -0.2) is 29.3 Å². The molecular formula is C23H28ClFN2O2. The third-order valence-corrected chi connectivity index (χ3v) is 5.04. The molecule has 29 heavy (non-hydrogen) atoms. The molecule has 0 bridgehead atoms. The highest BCUT2D eigenvalue weighted by Gasteiger charge is 2.29. The van der Waals surface area contributed by atoms with Gasteiger partial charge in [-0.05, 0) is 35.6 Å². The number of rotatable bonds is 9. The number of hydrogen-bond donors (Lipinski definition) is 1. The van der Waals surface area contributed by atoms with Crippen LogP contribution < -0.4 is 5.32 Å². The largest absolute Gasteiger partial charge is 0.354 e. The first kappa shape index (κ1) is 22.9. The Labute approximate surface area is 177 Å². The number of hydrogen-bond acceptors (Lipinski definition) is 2. The third-order valence-electron chi connectivity index (χ3n) is 4.67. The molecule has 1 N–H and O–H groups in total. The first-order valence-electron chi connectivity index (χ1n) is 9.87. The summed E-state index contributed by atoms with van der Waals surface area (Å²) in [4.78, 5) is 27.5. The summed E-state index contributed by atoms with van der Waals surface area (Å²) in [5, 5.41) is 3.43. The van der Waals surface area contributed by atoms with Crippen molar-refractivity contribution in [2.75, 3.05) is 6.54 Å². The molecule has 4 nitrogen and oxygen atoms in total. The Balaban J connectivity index is 2.30. The predicted octanol–water partition coefficient (Wildman–Crippen LogP) is 4.60. The summed E-state index contributed by atoms with van der Waals surface area (Å²) < 4.78 is 14.1. The van der Waals surface area contributed by atoms with Crippen LogP contribution in [0.1, 0.15) is 38.3 Å². The third kappa shape index (κ3) is 6.57. The van der Waals surface area contributed by atoms with Crippen LogP contribution in [0, 0.1) is 11.7 Å². The van der Waals surface area contributed by atoms with Gasteiger partial charge in [0.05, 0.1) is 6.42 Å². The van der Waals surface area contributed by atoms with E-state index in [1.165, 1.54) is 11.0 Å². The van der Waals surface area contributed by atoms with Crippen molar-refractivity contribution in [3.63, 3.8) is 0 Å². The molecule has 0 aromatic heterocycles. The maximum atomic E-state index is 14.1. The summed E-state index contributed by atoms with van der Waals surface area (Å²) in [6.07, 6.45) is 0.322. The van der Waals surface area contributed by atoms with Crippen molar-refractivity contribution in [2.24, 2.45) is 5.92 Å². The van der Waals surface area contributed by atoms with E-state index in [2.05, 4.69) is 5.32 Å². The number of halogens is 2. The van der Waals surface area contributed by atoms with Crippen LogP contribution in [0.3, 0.4) is 0 Å². The van der Waals surface area contributed by atoms with E-state index < -0.39 is 11.9 Å². The lowest BCUT2D eigenvalue weighted by Crippen LogP contribution is -2.50. The molecule has 0 saturated heterocycles. The summed E-state index contributed by atoms with van der Waals surface area (Å²) in [5.41, 5.74) is 1.05. The van der Waals surface area contributed by atoms with Gasteiger partial charge in [-0.3, -0.25) is 9.59 Å². The minimum atomic E-state index is -0.663. The van der Waals surface area contributed by atoms with Crippen LogP contribution >= 0.6 is 11.6 Å². The number of nitrogens with one attached hydrogen (secondary N) is 1. The van der Waals surface area contributed by atoms with E-state index in [0.29, 0.717) is 29.5 Å². The Morgan fingerprint density at radius 1 is 1.07 bits per heavy atom.